The number of amides is 1. The molecule has 0 bridgehead atoms. The van der Waals surface area contributed by atoms with E-state index in [4.69, 9.17) is 13.8 Å². The number of aliphatic hydroxyl groups excluding tert-OH is 1. The normalized spacial score (nSPS) is 13.9. The fourth-order valence-corrected chi connectivity index (χ4v) is 6.91. The lowest BCUT2D eigenvalue weighted by Crippen LogP contribution is -2.43. The van der Waals surface area contributed by atoms with Crippen LogP contribution in [0.1, 0.15) is 206 Å². The third-order valence-electron chi connectivity index (χ3n) is 9.55. The smallest absolute Gasteiger partial charge is 0.472 e. The standard InChI is InChI=1S/C42H80NO10P/c1-3-5-7-9-11-13-15-17-19-20-22-24-26-28-30-32-34-41(46)51-35-38(44)36-52-54(49,50)53-37-39(42(47)48)43-40(45)33-31-29-27-25-23-21-18-16-14-12-10-8-6-4-2/h16,18,38-39,44H,3-15,17,19-37H2,1-2H3,(H,43,45)(H,47,48)(H,49,50)/b18-16-. The van der Waals surface area contributed by atoms with E-state index in [0.717, 1.165) is 57.8 Å². The van der Waals surface area contributed by atoms with Gasteiger partial charge in [0.1, 0.15) is 12.7 Å². The van der Waals surface area contributed by atoms with E-state index in [1.54, 1.807) is 0 Å². The second-order valence-corrected chi connectivity index (χ2v) is 16.3. The number of ether oxygens (including phenoxy) is 1. The Morgan fingerprint density at radius 2 is 0.963 bits per heavy atom. The van der Waals surface area contributed by atoms with Crippen molar-refractivity contribution in [1.29, 1.82) is 0 Å². The number of allylic oxidation sites excluding steroid dienone is 2. The lowest BCUT2D eigenvalue weighted by atomic mass is 10.0. The number of carboxylic acid groups (broad SMARTS) is 1. The number of phosphoric ester groups is 1. The molecule has 3 atom stereocenters. The van der Waals surface area contributed by atoms with Crippen molar-refractivity contribution in [3.8, 4) is 0 Å². The van der Waals surface area contributed by atoms with Crippen LogP contribution in [0, 0.1) is 0 Å². The van der Waals surface area contributed by atoms with Gasteiger partial charge in [-0.2, -0.15) is 0 Å². The SMILES string of the molecule is CCCCCCC/C=C\CCCCCCCC(=O)NC(COP(=O)(O)OCC(O)COC(=O)CCCCCCCCCCCCCCCCCC)C(=O)O. The summed E-state index contributed by atoms with van der Waals surface area (Å²) in [6.07, 6.45) is 36.6. The minimum atomic E-state index is -4.75. The van der Waals surface area contributed by atoms with Crippen molar-refractivity contribution in [2.45, 2.75) is 219 Å². The second-order valence-electron chi connectivity index (χ2n) is 14.9. The zero-order chi connectivity index (χ0) is 40.0. The molecule has 12 heteroatoms. The summed E-state index contributed by atoms with van der Waals surface area (Å²) in [5, 5.41) is 21.8. The molecule has 0 radical (unpaired) electrons. The van der Waals surface area contributed by atoms with Crippen LogP contribution < -0.4 is 5.32 Å². The molecule has 0 aliphatic rings. The first-order chi connectivity index (χ1) is 26.1. The van der Waals surface area contributed by atoms with Gasteiger partial charge >= 0.3 is 19.8 Å². The average molecular weight is 790 g/mol. The van der Waals surface area contributed by atoms with Crippen LogP contribution in [0.4, 0.5) is 0 Å². The Morgan fingerprint density at radius 3 is 1.41 bits per heavy atom. The highest BCUT2D eigenvalue weighted by molar-refractivity contribution is 7.47. The summed E-state index contributed by atoms with van der Waals surface area (Å²) >= 11 is 0. The van der Waals surface area contributed by atoms with E-state index in [2.05, 4.69) is 31.3 Å². The molecule has 0 saturated carbocycles. The molecule has 0 fully saturated rings. The molecule has 1 amide bonds. The number of esters is 1. The highest BCUT2D eigenvalue weighted by Crippen LogP contribution is 2.43. The molecule has 0 spiro atoms. The number of hydrogen-bond donors (Lipinski definition) is 4. The maximum absolute atomic E-state index is 12.3. The Kier molecular flexibility index (Phi) is 36.9. The van der Waals surface area contributed by atoms with Crippen molar-refractivity contribution < 1.29 is 47.8 Å². The van der Waals surface area contributed by atoms with Gasteiger partial charge in [-0.3, -0.25) is 18.6 Å². The summed E-state index contributed by atoms with van der Waals surface area (Å²) < 4.78 is 26.8. The highest BCUT2D eigenvalue weighted by atomic mass is 31.2. The Bertz CT molecular complexity index is 979. The van der Waals surface area contributed by atoms with Gasteiger partial charge in [0, 0.05) is 12.8 Å². The molecule has 0 aliphatic carbocycles. The molecule has 3 unspecified atom stereocenters. The predicted molar refractivity (Wildman–Crippen MR) is 217 cm³/mol. The number of aliphatic hydroxyl groups is 1. The zero-order valence-electron chi connectivity index (χ0n) is 34.3. The summed E-state index contributed by atoms with van der Waals surface area (Å²) in [5.41, 5.74) is 0. The van der Waals surface area contributed by atoms with Gasteiger partial charge < -0.3 is 25.2 Å². The number of carbonyl (C=O) groups excluding carboxylic acids is 2. The van der Waals surface area contributed by atoms with E-state index in [0.29, 0.717) is 12.8 Å². The van der Waals surface area contributed by atoms with Crippen LogP contribution in [-0.4, -0.2) is 64.9 Å². The van der Waals surface area contributed by atoms with Crippen LogP contribution >= 0.6 is 7.82 Å². The molecule has 0 heterocycles. The molecular formula is C42H80NO10P. The zero-order valence-corrected chi connectivity index (χ0v) is 35.2. The minimum absolute atomic E-state index is 0.138. The summed E-state index contributed by atoms with van der Waals surface area (Å²) in [5.74, 6) is -2.37. The van der Waals surface area contributed by atoms with E-state index in [1.807, 2.05) is 0 Å². The van der Waals surface area contributed by atoms with Crippen LogP contribution in [0.2, 0.25) is 0 Å². The average Bonchev–Trinajstić information content (AvgIpc) is 3.14. The van der Waals surface area contributed by atoms with Gasteiger partial charge in [-0.15, -0.1) is 0 Å². The monoisotopic (exact) mass is 790 g/mol. The molecule has 0 rings (SSSR count). The topological polar surface area (TPSA) is 169 Å². The largest absolute Gasteiger partial charge is 0.480 e. The number of carboxylic acids is 1. The van der Waals surface area contributed by atoms with Gasteiger partial charge in [0.15, 0.2) is 6.04 Å². The number of phosphoric acid groups is 1. The van der Waals surface area contributed by atoms with Crippen molar-refractivity contribution in [1.82, 2.24) is 5.32 Å². The van der Waals surface area contributed by atoms with Crippen LogP contribution in [-0.2, 0) is 32.7 Å². The first kappa shape index (κ1) is 52.2. The van der Waals surface area contributed by atoms with Crippen LogP contribution in [0.3, 0.4) is 0 Å². The van der Waals surface area contributed by atoms with Crippen molar-refractivity contribution in [3.05, 3.63) is 12.2 Å². The number of carbonyl (C=O) groups is 3. The summed E-state index contributed by atoms with van der Waals surface area (Å²) in [6, 6.07) is -1.55. The number of rotatable bonds is 41. The molecule has 0 saturated heterocycles. The third kappa shape index (κ3) is 37.2. The molecule has 0 aromatic carbocycles. The van der Waals surface area contributed by atoms with Crippen molar-refractivity contribution in [2.24, 2.45) is 0 Å². The Balaban J connectivity index is 3.89. The Morgan fingerprint density at radius 1 is 0.574 bits per heavy atom. The van der Waals surface area contributed by atoms with E-state index in [1.165, 1.54) is 109 Å². The van der Waals surface area contributed by atoms with Gasteiger partial charge in [0.25, 0.3) is 0 Å². The Hall–Kier alpha value is -1.78. The predicted octanol–water partition coefficient (Wildman–Crippen LogP) is 10.9. The van der Waals surface area contributed by atoms with Crippen molar-refractivity contribution >= 4 is 25.7 Å². The molecule has 318 valence electrons. The fourth-order valence-electron chi connectivity index (χ4n) is 6.13. The van der Waals surface area contributed by atoms with Gasteiger partial charge in [0.05, 0.1) is 13.2 Å². The van der Waals surface area contributed by atoms with Crippen LogP contribution in [0.5, 0.6) is 0 Å². The van der Waals surface area contributed by atoms with E-state index in [-0.39, 0.29) is 12.8 Å². The molecule has 4 N–H and O–H groups in total. The van der Waals surface area contributed by atoms with Crippen molar-refractivity contribution in [2.75, 3.05) is 19.8 Å². The van der Waals surface area contributed by atoms with Gasteiger partial charge in [-0.1, -0.05) is 167 Å². The number of hydrogen-bond acceptors (Lipinski definition) is 8. The van der Waals surface area contributed by atoms with Gasteiger partial charge in [-0.25, -0.2) is 9.36 Å². The number of nitrogens with one attached hydrogen (secondary N) is 1. The summed E-state index contributed by atoms with van der Waals surface area (Å²) in [6.45, 7) is 2.59. The lowest BCUT2D eigenvalue weighted by molar-refractivity contribution is -0.147. The minimum Gasteiger partial charge on any atom is -0.480 e. The molecule has 0 aromatic rings. The van der Waals surface area contributed by atoms with E-state index in [9.17, 15) is 34.1 Å². The van der Waals surface area contributed by atoms with Crippen LogP contribution in [0.15, 0.2) is 12.2 Å². The van der Waals surface area contributed by atoms with Gasteiger partial charge in [0.2, 0.25) is 5.91 Å². The summed E-state index contributed by atoms with van der Waals surface area (Å²) in [4.78, 5) is 45.8. The maximum atomic E-state index is 12.3. The van der Waals surface area contributed by atoms with E-state index < -0.39 is 57.6 Å². The molecule has 0 aliphatic heterocycles. The Labute approximate surface area is 328 Å². The quantitative estimate of drug-likeness (QED) is 0.0202. The fraction of sp³-hybridized carbons (Fsp3) is 0.881. The first-order valence-electron chi connectivity index (χ1n) is 21.7. The lowest BCUT2D eigenvalue weighted by Gasteiger charge is -2.18. The first-order valence-corrected chi connectivity index (χ1v) is 23.2. The molecule has 0 aromatic heterocycles. The second kappa shape index (κ2) is 38.1. The number of unbranched alkanes of at least 4 members (excludes halogenated alkanes) is 25. The molecule has 11 nitrogen and oxygen atoms in total. The maximum Gasteiger partial charge on any atom is 0.472 e. The van der Waals surface area contributed by atoms with E-state index >= 15 is 0 Å². The van der Waals surface area contributed by atoms with Crippen molar-refractivity contribution in [3.63, 3.8) is 0 Å². The van der Waals surface area contributed by atoms with Gasteiger partial charge in [-0.05, 0) is 38.5 Å². The van der Waals surface area contributed by atoms with Crippen LogP contribution in [0.25, 0.3) is 0 Å². The number of aliphatic carboxylic acids is 1. The summed E-state index contributed by atoms with van der Waals surface area (Å²) in [7, 11) is -4.75. The molecular weight excluding hydrogens is 709 g/mol. The highest BCUT2D eigenvalue weighted by Gasteiger charge is 2.28. The third-order valence-corrected chi connectivity index (χ3v) is 10.5. The molecule has 54 heavy (non-hydrogen) atoms.